The molecule has 33 heavy (non-hydrogen) atoms. The smallest absolute Gasteiger partial charge is 0.264 e. The molecule has 0 spiro atoms. The summed E-state index contributed by atoms with van der Waals surface area (Å²) in [5.74, 6) is 0.111. The molecular formula is C25H27BrN2O4S. The SMILES string of the molecule is COc1ccc(S(=O)(=O)N(CC(=O)NC(C)c2ccc(C)cc2)c2ccc(C)cc2)cc1Br. The average Bonchev–Trinajstić information content (AvgIpc) is 2.78. The summed E-state index contributed by atoms with van der Waals surface area (Å²) in [5, 5.41) is 2.91. The Morgan fingerprint density at radius 1 is 1.00 bits per heavy atom. The van der Waals surface area contributed by atoms with Gasteiger partial charge in [0.25, 0.3) is 10.0 Å². The number of nitrogens with zero attached hydrogens (tertiary/aromatic N) is 1. The van der Waals surface area contributed by atoms with Gasteiger partial charge in [-0.1, -0.05) is 47.5 Å². The van der Waals surface area contributed by atoms with E-state index in [0.717, 1.165) is 21.0 Å². The maximum absolute atomic E-state index is 13.6. The Labute approximate surface area is 203 Å². The van der Waals surface area contributed by atoms with Gasteiger partial charge >= 0.3 is 0 Å². The fourth-order valence-corrected chi connectivity index (χ4v) is 5.46. The predicted molar refractivity (Wildman–Crippen MR) is 134 cm³/mol. The maximum atomic E-state index is 13.6. The van der Waals surface area contributed by atoms with E-state index in [1.807, 2.05) is 57.2 Å². The number of hydrogen-bond acceptors (Lipinski definition) is 4. The van der Waals surface area contributed by atoms with Crippen molar-refractivity contribution in [1.29, 1.82) is 0 Å². The molecule has 0 fully saturated rings. The zero-order chi connectivity index (χ0) is 24.2. The molecule has 0 saturated heterocycles. The Kier molecular flexibility index (Phi) is 7.81. The highest BCUT2D eigenvalue weighted by molar-refractivity contribution is 9.10. The van der Waals surface area contributed by atoms with Gasteiger partial charge in [-0.2, -0.15) is 0 Å². The molecule has 1 N–H and O–H groups in total. The van der Waals surface area contributed by atoms with Crippen LogP contribution < -0.4 is 14.4 Å². The minimum absolute atomic E-state index is 0.0510. The lowest BCUT2D eigenvalue weighted by molar-refractivity contribution is -0.120. The summed E-state index contributed by atoms with van der Waals surface area (Å²) in [6.07, 6.45) is 0. The number of benzene rings is 3. The van der Waals surface area contributed by atoms with Gasteiger partial charge in [-0.25, -0.2) is 8.42 Å². The van der Waals surface area contributed by atoms with Crippen LogP contribution in [0.25, 0.3) is 0 Å². The second-order valence-corrected chi connectivity index (χ2v) is 10.6. The highest BCUT2D eigenvalue weighted by Crippen LogP contribution is 2.31. The Hall–Kier alpha value is -2.84. The van der Waals surface area contributed by atoms with Crippen LogP contribution >= 0.6 is 15.9 Å². The molecule has 0 aliphatic heterocycles. The highest BCUT2D eigenvalue weighted by Gasteiger charge is 2.28. The topological polar surface area (TPSA) is 75.7 Å². The van der Waals surface area contributed by atoms with Crippen molar-refractivity contribution in [2.45, 2.75) is 31.7 Å². The molecule has 1 amide bonds. The molecule has 0 bridgehead atoms. The first-order valence-electron chi connectivity index (χ1n) is 10.4. The van der Waals surface area contributed by atoms with Gasteiger partial charge in [0.05, 0.1) is 28.2 Å². The third-order valence-electron chi connectivity index (χ3n) is 5.28. The first-order chi connectivity index (χ1) is 15.6. The first kappa shape index (κ1) is 24.8. The number of carbonyl (C=O) groups excluding carboxylic acids is 1. The van der Waals surface area contributed by atoms with Gasteiger partial charge in [-0.3, -0.25) is 9.10 Å². The Morgan fingerprint density at radius 3 is 2.12 bits per heavy atom. The molecule has 174 valence electrons. The van der Waals surface area contributed by atoms with E-state index >= 15 is 0 Å². The van der Waals surface area contributed by atoms with Crippen LogP contribution in [0.4, 0.5) is 5.69 Å². The average molecular weight is 531 g/mol. The van der Waals surface area contributed by atoms with Crippen LogP contribution in [0.3, 0.4) is 0 Å². The van der Waals surface area contributed by atoms with Crippen molar-refractivity contribution >= 4 is 37.5 Å². The number of methoxy groups -OCH3 is 1. The predicted octanol–water partition coefficient (Wildman–Crippen LogP) is 5.15. The number of amides is 1. The van der Waals surface area contributed by atoms with Gasteiger partial charge in [0.15, 0.2) is 0 Å². The molecule has 8 heteroatoms. The summed E-state index contributed by atoms with van der Waals surface area (Å²) < 4.78 is 34.0. The lowest BCUT2D eigenvalue weighted by Gasteiger charge is -2.25. The molecule has 6 nitrogen and oxygen atoms in total. The highest BCUT2D eigenvalue weighted by atomic mass is 79.9. The first-order valence-corrected chi connectivity index (χ1v) is 12.6. The molecule has 1 unspecified atom stereocenters. The number of sulfonamides is 1. The van der Waals surface area contributed by atoms with Crippen molar-refractivity contribution in [3.05, 3.63) is 87.9 Å². The van der Waals surface area contributed by atoms with Gasteiger partial charge in [0.2, 0.25) is 5.91 Å². The number of carbonyl (C=O) groups is 1. The number of aryl methyl sites for hydroxylation is 2. The molecule has 0 heterocycles. The summed E-state index contributed by atoms with van der Waals surface area (Å²) in [5.41, 5.74) is 3.46. The van der Waals surface area contributed by atoms with E-state index in [2.05, 4.69) is 21.2 Å². The summed E-state index contributed by atoms with van der Waals surface area (Å²) >= 11 is 3.34. The number of nitrogens with one attached hydrogen (secondary N) is 1. The summed E-state index contributed by atoms with van der Waals surface area (Å²) in [6.45, 7) is 5.42. The van der Waals surface area contributed by atoms with Gasteiger partial charge < -0.3 is 10.1 Å². The Morgan fingerprint density at radius 2 is 1.58 bits per heavy atom. The van der Waals surface area contributed by atoms with Crippen LogP contribution in [0.1, 0.15) is 29.7 Å². The largest absolute Gasteiger partial charge is 0.496 e. The Bertz CT molecular complexity index is 1230. The second-order valence-electron chi connectivity index (χ2n) is 7.84. The van der Waals surface area contributed by atoms with E-state index < -0.39 is 15.9 Å². The molecule has 0 saturated carbocycles. The van der Waals surface area contributed by atoms with E-state index in [1.165, 1.54) is 19.2 Å². The van der Waals surface area contributed by atoms with Crippen molar-refractivity contribution in [1.82, 2.24) is 5.32 Å². The summed E-state index contributed by atoms with van der Waals surface area (Å²) in [6, 6.07) is 19.1. The Balaban J connectivity index is 1.91. The quantitative estimate of drug-likeness (QED) is 0.437. The second kappa shape index (κ2) is 10.4. The van der Waals surface area contributed by atoms with Crippen LogP contribution in [0, 0.1) is 13.8 Å². The zero-order valence-electron chi connectivity index (χ0n) is 19.0. The molecular weight excluding hydrogens is 504 g/mol. The van der Waals surface area contributed by atoms with Gasteiger partial charge in [0.1, 0.15) is 12.3 Å². The third kappa shape index (κ3) is 5.94. The summed E-state index contributed by atoms with van der Waals surface area (Å²) in [4.78, 5) is 13.0. The zero-order valence-corrected chi connectivity index (χ0v) is 21.4. The number of rotatable bonds is 8. The third-order valence-corrected chi connectivity index (χ3v) is 7.66. The fourth-order valence-electron chi connectivity index (χ4n) is 3.32. The van der Waals surface area contributed by atoms with Crippen molar-refractivity contribution in [3.8, 4) is 5.75 Å². The van der Waals surface area contributed by atoms with Gasteiger partial charge in [-0.05, 0) is 72.6 Å². The number of halogens is 1. The molecule has 3 rings (SSSR count). The van der Waals surface area contributed by atoms with Crippen LogP contribution in [0.2, 0.25) is 0 Å². The van der Waals surface area contributed by atoms with Crippen molar-refractivity contribution in [2.75, 3.05) is 18.0 Å². The van der Waals surface area contributed by atoms with Gasteiger partial charge in [-0.15, -0.1) is 0 Å². The van der Waals surface area contributed by atoms with E-state index in [9.17, 15) is 13.2 Å². The monoisotopic (exact) mass is 530 g/mol. The number of anilines is 1. The standard InChI is InChI=1S/C25H27BrN2O4S/c1-17-5-9-20(10-6-17)19(3)27-25(29)16-28(21-11-7-18(2)8-12-21)33(30,31)22-13-14-24(32-4)23(26)15-22/h5-15,19H,16H2,1-4H3,(H,27,29). The van der Waals surface area contributed by atoms with Crippen LogP contribution in [0.15, 0.2) is 76.1 Å². The normalized spacial score (nSPS) is 12.2. The molecule has 3 aromatic rings. The van der Waals surface area contributed by atoms with E-state index in [4.69, 9.17) is 4.74 Å². The molecule has 0 aliphatic carbocycles. The van der Waals surface area contributed by atoms with Crippen molar-refractivity contribution in [2.24, 2.45) is 0 Å². The molecule has 3 aromatic carbocycles. The van der Waals surface area contributed by atoms with Crippen molar-refractivity contribution in [3.63, 3.8) is 0 Å². The minimum atomic E-state index is -4.03. The maximum Gasteiger partial charge on any atom is 0.264 e. The lowest BCUT2D eigenvalue weighted by atomic mass is 10.1. The van der Waals surface area contributed by atoms with Crippen LogP contribution in [-0.2, 0) is 14.8 Å². The van der Waals surface area contributed by atoms with Crippen molar-refractivity contribution < 1.29 is 17.9 Å². The van der Waals surface area contributed by atoms with E-state index in [0.29, 0.717) is 15.9 Å². The molecule has 0 radical (unpaired) electrons. The van der Waals surface area contributed by atoms with E-state index in [-0.39, 0.29) is 17.5 Å². The van der Waals surface area contributed by atoms with Gasteiger partial charge in [0, 0.05) is 0 Å². The van der Waals surface area contributed by atoms with E-state index in [1.54, 1.807) is 18.2 Å². The fraction of sp³-hybridized carbons (Fsp3) is 0.240. The molecule has 0 aliphatic rings. The van der Waals surface area contributed by atoms with Crippen LogP contribution in [0.5, 0.6) is 5.75 Å². The molecule has 0 aromatic heterocycles. The van der Waals surface area contributed by atoms with Crippen LogP contribution in [-0.4, -0.2) is 28.0 Å². The number of ether oxygens (including phenoxy) is 1. The number of hydrogen-bond donors (Lipinski definition) is 1. The minimum Gasteiger partial charge on any atom is -0.496 e. The lowest BCUT2D eigenvalue weighted by Crippen LogP contribution is -2.41. The molecule has 1 atom stereocenters. The summed E-state index contributed by atoms with van der Waals surface area (Å²) in [7, 11) is -2.52.